The summed E-state index contributed by atoms with van der Waals surface area (Å²) in [5, 5.41) is 0. The van der Waals surface area contributed by atoms with Gasteiger partial charge in [-0.1, -0.05) is 55.5 Å². The number of rotatable bonds is 7. The van der Waals surface area contributed by atoms with Crippen LogP contribution in [0.4, 0.5) is 0 Å². The second-order valence-corrected chi connectivity index (χ2v) is 6.12. The molecule has 0 heterocycles. The second kappa shape index (κ2) is 7.66. The summed E-state index contributed by atoms with van der Waals surface area (Å²) in [5.74, 6) is 6.66. The Labute approximate surface area is 117 Å². The van der Waals surface area contributed by atoms with Gasteiger partial charge in [-0.3, -0.25) is 11.3 Å². The Hall–Kier alpha value is -0.860. The van der Waals surface area contributed by atoms with Crippen molar-refractivity contribution in [2.24, 2.45) is 11.8 Å². The molecule has 1 aromatic rings. The number of nitrogens with two attached hydrogens (primary N) is 1. The van der Waals surface area contributed by atoms with Gasteiger partial charge in [-0.25, -0.2) is 0 Å². The van der Waals surface area contributed by atoms with Crippen molar-refractivity contribution in [2.45, 2.75) is 64.3 Å². The number of hydrogen-bond acceptors (Lipinski definition) is 2. The number of aryl methyl sites for hydroxylation is 2. The van der Waals surface area contributed by atoms with E-state index < -0.39 is 0 Å². The summed E-state index contributed by atoms with van der Waals surface area (Å²) in [5.41, 5.74) is 5.76. The van der Waals surface area contributed by atoms with Crippen molar-refractivity contribution < 1.29 is 0 Å². The minimum atomic E-state index is 0.474. The summed E-state index contributed by atoms with van der Waals surface area (Å²) in [6.07, 6.45) is 10.6. The normalized spacial score (nSPS) is 17.8. The van der Waals surface area contributed by atoms with Gasteiger partial charge in [0.1, 0.15) is 0 Å². The van der Waals surface area contributed by atoms with E-state index in [2.05, 4.69) is 36.6 Å². The highest BCUT2D eigenvalue weighted by molar-refractivity contribution is 5.21. The van der Waals surface area contributed by atoms with E-state index in [0.29, 0.717) is 6.04 Å². The van der Waals surface area contributed by atoms with Crippen LogP contribution >= 0.6 is 0 Å². The highest BCUT2D eigenvalue weighted by Crippen LogP contribution is 2.29. The highest BCUT2D eigenvalue weighted by atomic mass is 15.2. The lowest BCUT2D eigenvalue weighted by atomic mass is 9.95. The molecule has 1 fully saturated rings. The molecule has 1 aliphatic carbocycles. The third-order valence-corrected chi connectivity index (χ3v) is 4.54. The van der Waals surface area contributed by atoms with Crippen LogP contribution in [0.3, 0.4) is 0 Å². The minimum absolute atomic E-state index is 0.474. The quantitative estimate of drug-likeness (QED) is 0.579. The molecule has 0 amide bonds. The molecule has 0 radical (unpaired) electrons. The molecule has 1 aliphatic rings. The molecule has 3 N–H and O–H groups in total. The van der Waals surface area contributed by atoms with E-state index in [9.17, 15) is 0 Å². The van der Waals surface area contributed by atoms with E-state index in [1.807, 2.05) is 0 Å². The molecule has 1 atom stereocenters. The Kier molecular flexibility index (Phi) is 5.87. The average molecular weight is 260 g/mol. The van der Waals surface area contributed by atoms with Crippen LogP contribution in [0.15, 0.2) is 24.3 Å². The van der Waals surface area contributed by atoms with Crippen LogP contribution in [0, 0.1) is 12.8 Å². The van der Waals surface area contributed by atoms with Crippen molar-refractivity contribution >= 4 is 0 Å². The summed E-state index contributed by atoms with van der Waals surface area (Å²) in [4.78, 5) is 0. The van der Waals surface area contributed by atoms with Gasteiger partial charge < -0.3 is 0 Å². The molecule has 1 aromatic carbocycles. The monoisotopic (exact) mass is 260 g/mol. The molecule has 0 bridgehead atoms. The lowest BCUT2D eigenvalue weighted by Gasteiger charge is -2.18. The van der Waals surface area contributed by atoms with Gasteiger partial charge in [0.2, 0.25) is 0 Å². The third kappa shape index (κ3) is 4.96. The largest absolute Gasteiger partial charge is 0.271 e. The van der Waals surface area contributed by atoms with E-state index in [-0.39, 0.29) is 0 Å². The van der Waals surface area contributed by atoms with Gasteiger partial charge in [0.15, 0.2) is 0 Å². The number of benzene rings is 1. The first-order chi connectivity index (χ1) is 9.28. The van der Waals surface area contributed by atoms with Crippen LogP contribution in [-0.2, 0) is 6.42 Å². The van der Waals surface area contributed by atoms with Crippen LogP contribution in [0.1, 0.15) is 56.1 Å². The molecule has 0 saturated heterocycles. The summed E-state index contributed by atoms with van der Waals surface area (Å²) >= 11 is 0. The van der Waals surface area contributed by atoms with E-state index in [4.69, 9.17) is 5.84 Å². The smallest absolute Gasteiger partial charge is 0.0213 e. The zero-order chi connectivity index (χ0) is 13.5. The maximum Gasteiger partial charge on any atom is 0.0213 e. The van der Waals surface area contributed by atoms with E-state index in [0.717, 1.165) is 18.8 Å². The van der Waals surface area contributed by atoms with Gasteiger partial charge in [-0.2, -0.15) is 0 Å². The Morgan fingerprint density at radius 3 is 2.47 bits per heavy atom. The molecular weight excluding hydrogens is 232 g/mol. The van der Waals surface area contributed by atoms with E-state index in [1.54, 1.807) is 0 Å². The Balaban J connectivity index is 1.70. The molecule has 106 valence electrons. The van der Waals surface area contributed by atoms with Crippen molar-refractivity contribution in [1.82, 2.24) is 5.43 Å². The Morgan fingerprint density at radius 2 is 1.84 bits per heavy atom. The van der Waals surface area contributed by atoms with Gasteiger partial charge >= 0.3 is 0 Å². The Morgan fingerprint density at radius 1 is 1.16 bits per heavy atom. The topological polar surface area (TPSA) is 38.0 Å². The highest BCUT2D eigenvalue weighted by Gasteiger charge is 2.16. The van der Waals surface area contributed by atoms with Gasteiger partial charge in [-0.05, 0) is 44.1 Å². The van der Waals surface area contributed by atoms with Crippen LogP contribution in [0.2, 0.25) is 0 Å². The van der Waals surface area contributed by atoms with Gasteiger partial charge in [0, 0.05) is 6.04 Å². The van der Waals surface area contributed by atoms with Crippen molar-refractivity contribution in [3.8, 4) is 0 Å². The van der Waals surface area contributed by atoms with Gasteiger partial charge in [-0.15, -0.1) is 0 Å². The summed E-state index contributed by atoms with van der Waals surface area (Å²) in [7, 11) is 0. The molecule has 19 heavy (non-hydrogen) atoms. The van der Waals surface area contributed by atoms with Crippen LogP contribution < -0.4 is 11.3 Å². The second-order valence-electron chi connectivity index (χ2n) is 6.12. The van der Waals surface area contributed by atoms with Crippen molar-refractivity contribution in [3.05, 3.63) is 35.4 Å². The van der Waals surface area contributed by atoms with Gasteiger partial charge in [0.05, 0.1) is 0 Å². The maximum absolute atomic E-state index is 5.70. The molecule has 0 spiro atoms. The van der Waals surface area contributed by atoms with E-state index in [1.165, 1.54) is 49.7 Å². The summed E-state index contributed by atoms with van der Waals surface area (Å²) in [6.45, 7) is 2.13. The zero-order valence-electron chi connectivity index (χ0n) is 12.2. The zero-order valence-corrected chi connectivity index (χ0v) is 12.2. The van der Waals surface area contributed by atoms with Crippen LogP contribution in [0.5, 0.6) is 0 Å². The molecule has 1 saturated carbocycles. The molecular formula is C17H28N2. The van der Waals surface area contributed by atoms with Crippen molar-refractivity contribution in [1.29, 1.82) is 0 Å². The van der Waals surface area contributed by atoms with Crippen LogP contribution in [-0.4, -0.2) is 6.04 Å². The average Bonchev–Trinajstić information content (AvgIpc) is 2.94. The SMILES string of the molecule is Cc1ccc(CCC(CCC2CCCC2)NN)cc1. The summed E-state index contributed by atoms with van der Waals surface area (Å²) < 4.78 is 0. The van der Waals surface area contributed by atoms with Gasteiger partial charge in [0.25, 0.3) is 0 Å². The lowest BCUT2D eigenvalue weighted by Crippen LogP contribution is -2.35. The first-order valence-electron chi connectivity index (χ1n) is 7.79. The fourth-order valence-electron chi connectivity index (χ4n) is 3.14. The molecule has 2 nitrogen and oxygen atoms in total. The third-order valence-electron chi connectivity index (χ3n) is 4.54. The molecule has 0 aliphatic heterocycles. The summed E-state index contributed by atoms with van der Waals surface area (Å²) in [6, 6.07) is 9.33. The number of hydrazine groups is 1. The number of hydrogen-bond donors (Lipinski definition) is 2. The number of nitrogens with one attached hydrogen (secondary N) is 1. The maximum atomic E-state index is 5.70. The fraction of sp³-hybridized carbons (Fsp3) is 0.647. The predicted octanol–water partition coefficient (Wildman–Crippen LogP) is 3.73. The molecule has 2 rings (SSSR count). The molecule has 1 unspecified atom stereocenters. The molecule has 2 heteroatoms. The Bertz CT molecular complexity index is 352. The first-order valence-corrected chi connectivity index (χ1v) is 7.79. The van der Waals surface area contributed by atoms with E-state index >= 15 is 0 Å². The standard InChI is InChI=1S/C17H28N2/c1-14-6-8-16(9-7-14)11-13-17(19-18)12-10-15-4-2-3-5-15/h6-9,15,17,19H,2-5,10-13,18H2,1H3. The lowest BCUT2D eigenvalue weighted by molar-refractivity contribution is 0.394. The van der Waals surface area contributed by atoms with Crippen molar-refractivity contribution in [2.75, 3.05) is 0 Å². The fourth-order valence-corrected chi connectivity index (χ4v) is 3.14. The first kappa shape index (κ1) is 14.5. The molecule has 0 aromatic heterocycles. The minimum Gasteiger partial charge on any atom is -0.271 e. The van der Waals surface area contributed by atoms with Crippen LogP contribution in [0.25, 0.3) is 0 Å². The van der Waals surface area contributed by atoms with Crippen molar-refractivity contribution in [3.63, 3.8) is 0 Å². The predicted molar refractivity (Wildman–Crippen MR) is 81.8 cm³/mol.